The minimum Gasteiger partial charge on any atom is -0.481 e. The van der Waals surface area contributed by atoms with E-state index in [4.69, 9.17) is 5.11 Å². The highest BCUT2D eigenvalue weighted by Gasteiger charge is 1.89. The van der Waals surface area contributed by atoms with Gasteiger partial charge in [0, 0.05) is 6.42 Å². The van der Waals surface area contributed by atoms with Gasteiger partial charge >= 0.3 is 5.97 Å². The lowest BCUT2D eigenvalue weighted by Gasteiger charge is -1.82. The summed E-state index contributed by atoms with van der Waals surface area (Å²) in [5.41, 5.74) is 0. The number of carboxylic acids is 1. The highest BCUT2D eigenvalue weighted by Crippen LogP contribution is 1.86. The van der Waals surface area contributed by atoms with E-state index >= 15 is 0 Å². The second-order valence-corrected chi connectivity index (χ2v) is 1.69. The maximum atomic E-state index is 9.71. The Morgan fingerprint density at radius 1 is 1.27 bits per heavy atom. The zero-order valence-electron chi connectivity index (χ0n) is 6.62. The Kier molecular flexibility index (Phi) is 12.9. The fraction of sp³-hybridized carbons (Fsp3) is 0.222. The van der Waals surface area contributed by atoms with Crippen molar-refractivity contribution in [2.45, 2.75) is 12.8 Å². The van der Waals surface area contributed by atoms with Gasteiger partial charge in [-0.2, -0.15) is 0 Å². The average Bonchev–Trinajstić information content (AvgIpc) is 2.01. The maximum absolute atomic E-state index is 9.71. The van der Waals surface area contributed by atoms with Crippen molar-refractivity contribution >= 4 is 5.97 Å². The Morgan fingerprint density at radius 3 is 1.82 bits per heavy atom. The van der Waals surface area contributed by atoms with Crippen molar-refractivity contribution in [3.63, 3.8) is 0 Å². The Balaban J connectivity index is 0. The van der Waals surface area contributed by atoms with Crippen molar-refractivity contribution in [3.8, 4) is 0 Å². The van der Waals surface area contributed by atoms with E-state index in [0.717, 1.165) is 0 Å². The molecule has 0 saturated carbocycles. The maximum Gasteiger partial charge on any atom is 0.303 e. The largest absolute Gasteiger partial charge is 0.481 e. The van der Waals surface area contributed by atoms with Crippen LogP contribution >= 0.6 is 0 Å². The van der Waals surface area contributed by atoms with Crippen LogP contribution in [-0.2, 0) is 4.79 Å². The van der Waals surface area contributed by atoms with E-state index < -0.39 is 5.97 Å². The molecule has 0 spiro atoms. The summed E-state index contributed by atoms with van der Waals surface area (Å²) in [5.74, 6) is -0.764. The van der Waals surface area contributed by atoms with Crippen molar-refractivity contribution < 1.29 is 9.90 Å². The number of rotatable bonds is 4. The highest BCUT2D eigenvalue weighted by atomic mass is 16.4. The molecule has 0 bridgehead atoms. The molecule has 0 saturated heterocycles. The number of carbonyl (C=O) groups is 1. The SMILES string of the molecule is C=CC=C.C=CCCC(=O)O. The molecule has 0 aromatic rings. The van der Waals surface area contributed by atoms with Crippen molar-refractivity contribution in [1.82, 2.24) is 0 Å². The molecule has 0 unspecified atom stereocenters. The summed E-state index contributed by atoms with van der Waals surface area (Å²) in [5, 5.41) is 8.00. The van der Waals surface area contributed by atoms with Crippen LogP contribution in [0.1, 0.15) is 12.8 Å². The first-order valence-corrected chi connectivity index (χ1v) is 3.25. The van der Waals surface area contributed by atoms with Gasteiger partial charge in [0.25, 0.3) is 0 Å². The molecule has 0 atom stereocenters. The molecule has 62 valence electrons. The Hall–Kier alpha value is -1.31. The third kappa shape index (κ3) is 28.6. The van der Waals surface area contributed by atoms with Gasteiger partial charge in [0.1, 0.15) is 0 Å². The van der Waals surface area contributed by atoms with Gasteiger partial charge in [0.2, 0.25) is 0 Å². The average molecular weight is 154 g/mol. The van der Waals surface area contributed by atoms with E-state index in [1.807, 2.05) is 0 Å². The van der Waals surface area contributed by atoms with Crippen LogP contribution in [0.2, 0.25) is 0 Å². The number of hydrogen-bond acceptors (Lipinski definition) is 1. The molecule has 11 heavy (non-hydrogen) atoms. The van der Waals surface area contributed by atoms with Crippen molar-refractivity contribution in [2.24, 2.45) is 0 Å². The minimum absolute atomic E-state index is 0.198. The molecule has 1 N–H and O–H groups in total. The summed E-state index contributed by atoms with van der Waals surface area (Å²) in [6.45, 7) is 10.1. The molecule has 0 aliphatic rings. The van der Waals surface area contributed by atoms with Crippen molar-refractivity contribution in [1.29, 1.82) is 0 Å². The molecular formula is C9H14O2. The summed E-state index contributed by atoms with van der Waals surface area (Å²) in [7, 11) is 0. The standard InChI is InChI=1S/C5H8O2.C4H6/c1-2-3-4-5(6)7;1-3-4-2/h2H,1,3-4H2,(H,6,7);3-4H,1-2H2. The molecule has 2 nitrogen and oxygen atoms in total. The van der Waals surface area contributed by atoms with Crippen LogP contribution in [0.3, 0.4) is 0 Å². The first kappa shape index (κ1) is 12.4. The van der Waals surface area contributed by atoms with E-state index in [2.05, 4.69) is 19.7 Å². The molecule has 0 aliphatic heterocycles. The van der Waals surface area contributed by atoms with Crippen LogP contribution < -0.4 is 0 Å². The van der Waals surface area contributed by atoms with Gasteiger partial charge in [-0.25, -0.2) is 0 Å². The Bertz CT molecular complexity index is 130. The van der Waals surface area contributed by atoms with Gasteiger partial charge in [-0.3, -0.25) is 4.79 Å². The van der Waals surface area contributed by atoms with Gasteiger partial charge in [-0.05, 0) is 6.42 Å². The van der Waals surface area contributed by atoms with Gasteiger partial charge < -0.3 is 5.11 Å². The predicted molar refractivity (Wildman–Crippen MR) is 47.5 cm³/mol. The third-order valence-electron chi connectivity index (χ3n) is 0.729. The van der Waals surface area contributed by atoms with Crippen LogP contribution in [-0.4, -0.2) is 11.1 Å². The summed E-state index contributed by atoms with van der Waals surface area (Å²) >= 11 is 0. The zero-order valence-corrected chi connectivity index (χ0v) is 6.62. The summed E-state index contributed by atoms with van der Waals surface area (Å²) in [4.78, 5) is 9.71. The van der Waals surface area contributed by atoms with Gasteiger partial charge in [0.15, 0.2) is 0 Å². The number of aliphatic carboxylic acids is 1. The highest BCUT2D eigenvalue weighted by molar-refractivity contribution is 5.66. The second-order valence-electron chi connectivity index (χ2n) is 1.69. The Labute approximate surface area is 67.6 Å². The van der Waals surface area contributed by atoms with E-state index in [-0.39, 0.29) is 6.42 Å². The third-order valence-corrected chi connectivity index (χ3v) is 0.729. The fourth-order valence-electron chi connectivity index (χ4n) is 0.226. The van der Waals surface area contributed by atoms with Crippen LogP contribution in [0.15, 0.2) is 38.0 Å². The fourth-order valence-corrected chi connectivity index (χ4v) is 0.226. The van der Waals surface area contributed by atoms with Crippen LogP contribution in [0.4, 0.5) is 0 Å². The predicted octanol–water partition coefficient (Wildman–Crippen LogP) is 2.40. The normalized spacial score (nSPS) is 6.91. The molecule has 0 fully saturated rings. The van der Waals surface area contributed by atoms with E-state index in [1.54, 1.807) is 18.2 Å². The summed E-state index contributed by atoms with van der Waals surface area (Å²) < 4.78 is 0. The first-order chi connectivity index (χ1) is 5.18. The number of hydrogen-bond donors (Lipinski definition) is 1. The lowest BCUT2D eigenvalue weighted by atomic mass is 10.3. The molecular weight excluding hydrogens is 140 g/mol. The summed E-state index contributed by atoms with van der Waals surface area (Å²) in [6, 6.07) is 0. The summed E-state index contributed by atoms with van der Waals surface area (Å²) in [6.07, 6.45) is 5.63. The van der Waals surface area contributed by atoms with Gasteiger partial charge in [-0.15, -0.1) is 6.58 Å². The van der Waals surface area contributed by atoms with Crippen LogP contribution in [0.5, 0.6) is 0 Å². The van der Waals surface area contributed by atoms with Gasteiger partial charge in [0.05, 0.1) is 0 Å². The molecule has 0 aromatic carbocycles. The number of carboxylic acid groups (broad SMARTS) is 1. The van der Waals surface area contributed by atoms with Crippen molar-refractivity contribution in [2.75, 3.05) is 0 Å². The van der Waals surface area contributed by atoms with E-state index in [0.29, 0.717) is 6.42 Å². The molecule has 0 radical (unpaired) electrons. The number of allylic oxidation sites excluding steroid dienone is 3. The molecule has 0 amide bonds. The lowest BCUT2D eigenvalue weighted by Crippen LogP contribution is -1.90. The smallest absolute Gasteiger partial charge is 0.303 e. The van der Waals surface area contributed by atoms with Gasteiger partial charge in [-0.1, -0.05) is 31.4 Å². The Morgan fingerprint density at radius 2 is 1.73 bits per heavy atom. The molecule has 2 heteroatoms. The quantitative estimate of drug-likeness (QED) is 0.498. The molecule has 0 heterocycles. The second kappa shape index (κ2) is 11.5. The van der Waals surface area contributed by atoms with Crippen LogP contribution in [0, 0.1) is 0 Å². The van der Waals surface area contributed by atoms with E-state index in [1.165, 1.54) is 0 Å². The van der Waals surface area contributed by atoms with Crippen LogP contribution in [0.25, 0.3) is 0 Å². The molecule has 0 aliphatic carbocycles. The van der Waals surface area contributed by atoms with Crippen molar-refractivity contribution in [3.05, 3.63) is 38.0 Å². The lowest BCUT2D eigenvalue weighted by molar-refractivity contribution is -0.136. The molecule has 0 rings (SSSR count). The first-order valence-electron chi connectivity index (χ1n) is 3.25. The molecule has 0 aromatic heterocycles. The topological polar surface area (TPSA) is 37.3 Å². The van der Waals surface area contributed by atoms with E-state index in [9.17, 15) is 4.79 Å². The minimum atomic E-state index is -0.764. The monoisotopic (exact) mass is 154 g/mol. The zero-order chi connectivity index (χ0) is 9.11.